The summed E-state index contributed by atoms with van der Waals surface area (Å²) in [6, 6.07) is 1.30. The molecule has 9 heteroatoms. The summed E-state index contributed by atoms with van der Waals surface area (Å²) in [6.45, 7) is 5.55. The second-order valence-electron chi connectivity index (χ2n) is 4.96. The smallest absolute Gasteiger partial charge is 0.408 e. The maximum Gasteiger partial charge on any atom is 0.433 e. The molecular formula is C12H16F3N5O. The largest absolute Gasteiger partial charge is 0.433 e. The van der Waals surface area contributed by atoms with Gasteiger partial charge in [0.1, 0.15) is 5.69 Å². The molecule has 0 radical (unpaired) electrons. The fourth-order valence-electron chi connectivity index (χ4n) is 1.90. The molecule has 0 aliphatic carbocycles. The number of alkyl halides is 3. The minimum atomic E-state index is -4.40. The molecule has 0 unspecified atom stereocenters. The molecule has 0 bridgehead atoms. The lowest BCUT2D eigenvalue weighted by Gasteiger charge is -2.15. The molecule has 0 saturated carbocycles. The Morgan fingerprint density at radius 2 is 2.05 bits per heavy atom. The predicted octanol–water partition coefficient (Wildman–Crippen LogP) is 2.65. The Hall–Kier alpha value is -2.06. The molecular weight excluding hydrogens is 287 g/mol. The number of anilines is 1. The van der Waals surface area contributed by atoms with Crippen molar-refractivity contribution in [3.63, 3.8) is 0 Å². The number of nitrogens with zero attached hydrogens (tertiary/aromatic N) is 4. The first kappa shape index (κ1) is 15.3. The van der Waals surface area contributed by atoms with E-state index in [0.717, 1.165) is 10.7 Å². The molecule has 0 saturated heterocycles. The minimum absolute atomic E-state index is 0.0994. The summed E-state index contributed by atoms with van der Waals surface area (Å²) < 4.78 is 44.7. The zero-order valence-electron chi connectivity index (χ0n) is 11.9. The third-order valence-corrected chi connectivity index (χ3v) is 2.80. The quantitative estimate of drug-likeness (QED) is 0.919. The maximum absolute atomic E-state index is 12.9. The van der Waals surface area contributed by atoms with E-state index in [4.69, 9.17) is 4.42 Å². The van der Waals surface area contributed by atoms with Crippen LogP contribution in [0.4, 0.5) is 19.2 Å². The third-order valence-electron chi connectivity index (χ3n) is 2.80. The van der Waals surface area contributed by atoms with Crippen LogP contribution in [0.2, 0.25) is 0 Å². The maximum atomic E-state index is 12.9. The van der Waals surface area contributed by atoms with Crippen molar-refractivity contribution in [1.82, 2.24) is 20.0 Å². The van der Waals surface area contributed by atoms with Crippen LogP contribution in [0.25, 0.3) is 0 Å². The van der Waals surface area contributed by atoms with Crippen molar-refractivity contribution in [3.8, 4) is 0 Å². The second kappa shape index (κ2) is 5.74. The number of rotatable bonds is 5. The van der Waals surface area contributed by atoms with Crippen LogP contribution in [0.1, 0.15) is 24.2 Å². The zero-order chi connectivity index (χ0) is 15.6. The zero-order valence-corrected chi connectivity index (χ0v) is 11.9. The summed E-state index contributed by atoms with van der Waals surface area (Å²) in [6.07, 6.45) is -4.40. The van der Waals surface area contributed by atoms with Crippen molar-refractivity contribution >= 4 is 6.01 Å². The topological polar surface area (TPSA) is 68.8 Å². The molecule has 21 heavy (non-hydrogen) atoms. The van der Waals surface area contributed by atoms with Gasteiger partial charge in [-0.3, -0.25) is 4.68 Å². The highest BCUT2D eigenvalue weighted by atomic mass is 19.4. The summed E-state index contributed by atoms with van der Waals surface area (Å²) in [5.41, 5.74) is -0.393. The lowest BCUT2D eigenvalue weighted by Crippen LogP contribution is -2.22. The molecule has 0 aliphatic rings. The molecule has 2 aromatic heterocycles. The van der Waals surface area contributed by atoms with E-state index >= 15 is 0 Å². The number of aryl methyl sites for hydroxylation is 2. The average molecular weight is 303 g/mol. The van der Waals surface area contributed by atoms with Crippen LogP contribution >= 0.6 is 0 Å². The lowest BCUT2D eigenvalue weighted by molar-refractivity contribution is -0.144. The Kier molecular flexibility index (Phi) is 4.19. The van der Waals surface area contributed by atoms with Gasteiger partial charge in [-0.05, 0) is 18.9 Å². The summed E-state index contributed by atoms with van der Waals surface area (Å²) in [5, 5.41) is 14.2. The Balaban J connectivity index is 1.98. The van der Waals surface area contributed by atoms with E-state index in [1.807, 2.05) is 6.92 Å². The normalized spacial score (nSPS) is 13.4. The van der Waals surface area contributed by atoms with Gasteiger partial charge in [0.05, 0.1) is 5.69 Å². The average Bonchev–Trinajstić information content (AvgIpc) is 2.92. The summed E-state index contributed by atoms with van der Waals surface area (Å²) in [4.78, 5) is 0. The second-order valence-corrected chi connectivity index (χ2v) is 4.96. The Morgan fingerprint density at radius 1 is 1.33 bits per heavy atom. The number of halogens is 3. The van der Waals surface area contributed by atoms with Gasteiger partial charge in [0.2, 0.25) is 5.89 Å². The first-order valence-corrected chi connectivity index (χ1v) is 6.41. The highest BCUT2D eigenvalue weighted by molar-refractivity contribution is 5.16. The summed E-state index contributed by atoms with van der Waals surface area (Å²) in [7, 11) is 0. The van der Waals surface area contributed by atoms with Crippen LogP contribution in [-0.2, 0) is 12.7 Å². The monoisotopic (exact) mass is 303 g/mol. The first-order chi connectivity index (χ1) is 9.75. The van der Waals surface area contributed by atoms with Crippen molar-refractivity contribution in [3.05, 3.63) is 23.3 Å². The van der Waals surface area contributed by atoms with E-state index < -0.39 is 11.9 Å². The molecule has 0 aliphatic heterocycles. The molecule has 0 spiro atoms. The van der Waals surface area contributed by atoms with Crippen LogP contribution in [-0.4, -0.2) is 26.5 Å². The fourth-order valence-corrected chi connectivity index (χ4v) is 1.90. The van der Waals surface area contributed by atoms with Gasteiger partial charge in [0.15, 0.2) is 0 Å². The molecule has 2 aromatic rings. The highest BCUT2D eigenvalue weighted by Gasteiger charge is 2.35. The van der Waals surface area contributed by atoms with E-state index in [1.165, 1.54) is 6.92 Å². The number of hydrogen-bond acceptors (Lipinski definition) is 5. The third kappa shape index (κ3) is 3.96. The Bertz CT molecular complexity index is 604. The van der Waals surface area contributed by atoms with Crippen LogP contribution in [0, 0.1) is 19.8 Å². The molecule has 116 valence electrons. The van der Waals surface area contributed by atoms with E-state index in [0.29, 0.717) is 18.1 Å². The van der Waals surface area contributed by atoms with Gasteiger partial charge in [0.25, 0.3) is 0 Å². The van der Waals surface area contributed by atoms with Gasteiger partial charge in [-0.1, -0.05) is 12.0 Å². The molecule has 0 fully saturated rings. The van der Waals surface area contributed by atoms with Crippen LogP contribution < -0.4 is 5.32 Å². The van der Waals surface area contributed by atoms with E-state index in [-0.39, 0.29) is 18.5 Å². The van der Waals surface area contributed by atoms with Crippen molar-refractivity contribution < 1.29 is 17.6 Å². The van der Waals surface area contributed by atoms with Crippen molar-refractivity contribution in [2.75, 3.05) is 11.9 Å². The fraction of sp³-hybridized carbons (Fsp3) is 0.583. The standard InChI is InChI=1S/C12H16F3N5O/c1-7(5-16-11-18-17-9(3)21-11)6-20-10(12(13,14)15)4-8(2)19-20/h4,7H,5-6H2,1-3H3,(H,16,18)/t7-/m1/s1. The molecule has 2 heterocycles. The molecule has 0 aromatic carbocycles. The van der Waals surface area contributed by atoms with Gasteiger partial charge in [-0.15, -0.1) is 5.10 Å². The minimum Gasteiger partial charge on any atom is -0.408 e. The molecule has 6 nitrogen and oxygen atoms in total. The van der Waals surface area contributed by atoms with E-state index in [9.17, 15) is 13.2 Å². The summed E-state index contributed by atoms with van der Waals surface area (Å²) >= 11 is 0. The van der Waals surface area contributed by atoms with Crippen LogP contribution in [0.5, 0.6) is 0 Å². The number of aromatic nitrogens is 4. The molecule has 1 atom stereocenters. The van der Waals surface area contributed by atoms with Crippen molar-refractivity contribution in [1.29, 1.82) is 0 Å². The Morgan fingerprint density at radius 3 is 2.62 bits per heavy atom. The predicted molar refractivity (Wildman–Crippen MR) is 68.7 cm³/mol. The highest BCUT2D eigenvalue weighted by Crippen LogP contribution is 2.30. The van der Waals surface area contributed by atoms with E-state index in [2.05, 4.69) is 20.6 Å². The summed E-state index contributed by atoms with van der Waals surface area (Å²) in [5.74, 6) is 0.324. The van der Waals surface area contributed by atoms with Gasteiger partial charge >= 0.3 is 12.2 Å². The van der Waals surface area contributed by atoms with Gasteiger partial charge in [-0.2, -0.15) is 18.3 Å². The molecule has 2 rings (SSSR count). The molecule has 0 amide bonds. The number of nitrogens with one attached hydrogen (secondary N) is 1. The Labute approximate surface area is 119 Å². The van der Waals surface area contributed by atoms with Gasteiger partial charge in [-0.25, -0.2) is 0 Å². The van der Waals surface area contributed by atoms with Gasteiger partial charge in [0, 0.05) is 20.0 Å². The van der Waals surface area contributed by atoms with E-state index in [1.54, 1.807) is 6.92 Å². The number of hydrogen-bond donors (Lipinski definition) is 1. The SMILES string of the molecule is Cc1cc(C(F)(F)F)n(C[C@H](C)CNc2nnc(C)o2)n1. The lowest BCUT2D eigenvalue weighted by atomic mass is 10.2. The van der Waals surface area contributed by atoms with Crippen molar-refractivity contribution in [2.24, 2.45) is 5.92 Å². The van der Waals surface area contributed by atoms with Crippen molar-refractivity contribution in [2.45, 2.75) is 33.5 Å². The van der Waals surface area contributed by atoms with Crippen LogP contribution in [0.3, 0.4) is 0 Å². The van der Waals surface area contributed by atoms with Gasteiger partial charge < -0.3 is 9.73 Å². The molecule has 1 N–H and O–H groups in total. The van der Waals surface area contributed by atoms with Crippen LogP contribution in [0.15, 0.2) is 10.5 Å². The first-order valence-electron chi connectivity index (χ1n) is 6.41.